The van der Waals surface area contributed by atoms with E-state index in [1.807, 2.05) is 36.4 Å². The lowest BCUT2D eigenvalue weighted by Crippen LogP contribution is -2.20. The van der Waals surface area contributed by atoms with Crippen molar-refractivity contribution in [2.45, 2.75) is 46.0 Å². The van der Waals surface area contributed by atoms with E-state index < -0.39 is 0 Å². The molecule has 0 aliphatic heterocycles. The second-order valence-corrected chi connectivity index (χ2v) is 11.1. The van der Waals surface area contributed by atoms with Gasteiger partial charge in [-0.25, -0.2) is 4.99 Å². The number of aryl methyl sites for hydroxylation is 2. The number of rotatable bonds is 9. The van der Waals surface area contributed by atoms with Gasteiger partial charge in [0.2, 0.25) is 5.90 Å². The van der Waals surface area contributed by atoms with Gasteiger partial charge in [-0.3, -0.25) is 9.78 Å². The first-order chi connectivity index (χ1) is 19.9. The number of hydrogen-bond donors (Lipinski definition) is 0. The third kappa shape index (κ3) is 6.75. The van der Waals surface area contributed by atoms with Crippen LogP contribution in [0.2, 0.25) is 0 Å². The molecule has 206 valence electrons. The quantitative estimate of drug-likeness (QED) is 0.0807. The van der Waals surface area contributed by atoms with Crippen LogP contribution in [-0.2, 0) is 10.3 Å². The average molecular weight is 540 g/mol. The number of benzene rings is 5. The number of aliphatic imine (C=N–C) groups is 1. The third-order valence-corrected chi connectivity index (χ3v) is 7.60. The Balaban J connectivity index is 1.52. The summed E-state index contributed by atoms with van der Waals surface area (Å²) in [6, 6.07) is 43.6. The fourth-order valence-corrected chi connectivity index (χ4v) is 5.08. The molecule has 41 heavy (non-hydrogen) atoms. The van der Waals surface area contributed by atoms with Gasteiger partial charge in [0.05, 0.1) is 5.69 Å². The van der Waals surface area contributed by atoms with Gasteiger partial charge in [-0.2, -0.15) is 0 Å². The summed E-state index contributed by atoms with van der Waals surface area (Å²) in [5.74, 6) is 1.22. The highest BCUT2D eigenvalue weighted by Crippen LogP contribution is 2.39. The lowest BCUT2D eigenvalue weighted by molar-refractivity contribution is -0.118. The van der Waals surface area contributed by atoms with E-state index >= 15 is 0 Å². The largest absolute Gasteiger partial charge is 0.287 e. The molecule has 0 radical (unpaired) electrons. The molecule has 0 amide bonds. The van der Waals surface area contributed by atoms with Gasteiger partial charge in [0.15, 0.2) is 5.75 Å². The minimum atomic E-state index is -0.0662. The van der Waals surface area contributed by atoms with Gasteiger partial charge < -0.3 is 0 Å². The fraction of sp³-hybridized carbons (Fsp3) is 0.184. The zero-order valence-electron chi connectivity index (χ0n) is 24.3. The summed E-state index contributed by atoms with van der Waals surface area (Å²) in [6.07, 6.45) is 1.46. The van der Waals surface area contributed by atoms with Gasteiger partial charge in [0.1, 0.15) is 0 Å². The molecule has 5 aromatic carbocycles. The summed E-state index contributed by atoms with van der Waals surface area (Å²) in [6.45, 7) is 8.68. The minimum absolute atomic E-state index is 0.0662. The molecule has 0 atom stereocenters. The molecule has 0 unspecified atom stereocenters. The van der Waals surface area contributed by atoms with Crippen molar-refractivity contribution in [1.29, 1.82) is 0 Å². The molecule has 0 saturated carbocycles. The molecule has 0 aromatic heterocycles. The number of nitrogens with zero attached hydrogens (tertiary/aromatic N) is 1. The number of hydrogen-bond acceptors (Lipinski definition) is 3. The topological polar surface area (TPSA) is 30.8 Å². The van der Waals surface area contributed by atoms with Crippen LogP contribution in [0.1, 0.15) is 43.4 Å². The highest BCUT2D eigenvalue weighted by Gasteiger charge is 2.23. The first-order valence-corrected chi connectivity index (χ1v) is 14.2. The van der Waals surface area contributed by atoms with E-state index in [1.165, 1.54) is 5.56 Å². The summed E-state index contributed by atoms with van der Waals surface area (Å²) in [7, 11) is 0. The lowest BCUT2D eigenvalue weighted by Gasteiger charge is -2.25. The number of para-hydroxylation sites is 2. The normalized spacial score (nSPS) is 11.8. The molecule has 5 rings (SSSR count). The summed E-state index contributed by atoms with van der Waals surface area (Å²) in [4.78, 5) is 17.6. The van der Waals surface area contributed by atoms with E-state index in [4.69, 9.17) is 14.8 Å². The predicted molar refractivity (Wildman–Crippen MR) is 171 cm³/mol. The van der Waals surface area contributed by atoms with E-state index in [0.717, 1.165) is 45.5 Å². The van der Waals surface area contributed by atoms with Crippen molar-refractivity contribution in [1.82, 2.24) is 0 Å². The highest BCUT2D eigenvalue weighted by atomic mass is 17.2. The molecule has 0 aliphatic carbocycles. The van der Waals surface area contributed by atoms with Crippen LogP contribution >= 0.6 is 0 Å². The Hall–Kier alpha value is -4.63. The van der Waals surface area contributed by atoms with Gasteiger partial charge in [-0.1, -0.05) is 141 Å². The monoisotopic (exact) mass is 539 g/mol. The highest BCUT2D eigenvalue weighted by molar-refractivity contribution is 5.83. The molecule has 0 bridgehead atoms. The van der Waals surface area contributed by atoms with E-state index in [-0.39, 0.29) is 5.41 Å². The first-order valence-electron chi connectivity index (χ1n) is 14.2. The SMILES string of the molecule is Cc1cccc(C)c1N=C(CCC(C)(C)c1ccccc1)OOc1c(-c2ccccc2)cccc1-c1ccccc1. The molecule has 0 spiro atoms. The van der Waals surface area contributed by atoms with Crippen molar-refractivity contribution >= 4 is 11.6 Å². The maximum absolute atomic E-state index is 6.33. The van der Waals surface area contributed by atoms with Crippen LogP contribution in [0.4, 0.5) is 5.69 Å². The molecule has 5 aromatic rings. The van der Waals surface area contributed by atoms with Crippen molar-refractivity contribution in [2.24, 2.45) is 4.99 Å². The molecule has 3 heteroatoms. The minimum Gasteiger partial charge on any atom is -0.287 e. The zero-order chi connectivity index (χ0) is 28.7. The van der Waals surface area contributed by atoms with Crippen LogP contribution in [0.25, 0.3) is 22.3 Å². The maximum Gasteiger partial charge on any atom is 0.246 e. The molecular weight excluding hydrogens is 502 g/mol. The van der Waals surface area contributed by atoms with Crippen molar-refractivity contribution in [3.8, 4) is 28.0 Å². The molecule has 0 N–H and O–H groups in total. The van der Waals surface area contributed by atoms with Crippen LogP contribution < -0.4 is 4.89 Å². The van der Waals surface area contributed by atoms with Crippen molar-refractivity contribution in [2.75, 3.05) is 0 Å². The fourth-order valence-electron chi connectivity index (χ4n) is 5.08. The van der Waals surface area contributed by atoms with Gasteiger partial charge in [0, 0.05) is 17.5 Å². The molecule has 3 nitrogen and oxygen atoms in total. The lowest BCUT2D eigenvalue weighted by atomic mass is 9.80. The van der Waals surface area contributed by atoms with Crippen molar-refractivity contribution < 1.29 is 9.78 Å². The van der Waals surface area contributed by atoms with Crippen LogP contribution in [0.3, 0.4) is 0 Å². The molecule has 0 fully saturated rings. The summed E-state index contributed by atoms with van der Waals surface area (Å²) in [5, 5.41) is 0. The Kier molecular flexibility index (Phi) is 8.64. The molecule has 0 aliphatic rings. The van der Waals surface area contributed by atoms with Gasteiger partial charge in [0.25, 0.3) is 0 Å². The Labute approximate surface area is 244 Å². The van der Waals surface area contributed by atoms with Crippen molar-refractivity contribution in [3.05, 3.63) is 144 Å². The third-order valence-electron chi connectivity index (χ3n) is 7.60. The Morgan fingerprint density at radius 2 is 1.10 bits per heavy atom. The van der Waals surface area contributed by atoms with Gasteiger partial charge >= 0.3 is 0 Å². The Morgan fingerprint density at radius 3 is 1.63 bits per heavy atom. The second-order valence-electron chi connectivity index (χ2n) is 11.1. The summed E-state index contributed by atoms with van der Waals surface area (Å²) in [5.41, 5.74) is 8.38. The van der Waals surface area contributed by atoms with E-state index in [9.17, 15) is 0 Å². The van der Waals surface area contributed by atoms with Crippen LogP contribution in [0.5, 0.6) is 5.75 Å². The maximum atomic E-state index is 6.33. The van der Waals surface area contributed by atoms with Gasteiger partial charge in [-0.15, -0.1) is 0 Å². The summed E-state index contributed by atoms with van der Waals surface area (Å²) >= 11 is 0. The second kappa shape index (κ2) is 12.7. The van der Waals surface area contributed by atoms with Gasteiger partial charge in [-0.05, 0) is 53.5 Å². The predicted octanol–water partition coefficient (Wildman–Crippen LogP) is 10.4. The van der Waals surface area contributed by atoms with E-state index in [2.05, 4.69) is 119 Å². The van der Waals surface area contributed by atoms with E-state index in [0.29, 0.717) is 18.1 Å². The first kappa shape index (κ1) is 27.9. The van der Waals surface area contributed by atoms with Crippen LogP contribution in [0, 0.1) is 13.8 Å². The average Bonchev–Trinajstić information content (AvgIpc) is 3.01. The van der Waals surface area contributed by atoms with Crippen LogP contribution in [0.15, 0.2) is 132 Å². The standard InChI is InChI=1S/C38H37NO2/c1-28-16-14-17-29(2)36(28)39-35(26-27-38(3,4)32-22-12-7-13-23-32)40-41-37-33(30-18-8-5-9-19-30)24-15-25-34(37)31-20-10-6-11-21-31/h5-25H,26-27H2,1-4H3. The molecule has 0 saturated heterocycles. The smallest absolute Gasteiger partial charge is 0.246 e. The Morgan fingerprint density at radius 1 is 0.610 bits per heavy atom. The summed E-state index contributed by atoms with van der Waals surface area (Å²) < 4.78 is 0. The zero-order valence-corrected chi connectivity index (χ0v) is 24.3. The Bertz CT molecular complexity index is 1530. The van der Waals surface area contributed by atoms with Crippen molar-refractivity contribution in [3.63, 3.8) is 0 Å². The molecule has 0 heterocycles. The van der Waals surface area contributed by atoms with E-state index in [1.54, 1.807) is 0 Å². The van der Waals surface area contributed by atoms with Crippen LogP contribution in [-0.4, -0.2) is 5.90 Å². The molecular formula is C38H37NO2.